The van der Waals surface area contributed by atoms with E-state index >= 15 is 0 Å². The predicted molar refractivity (Wildman–Crippen MR) is 254 cm³/mol. The number of aryl methyl sites for hydroxylation is 6. The van der Waals surface area contributed by atoms with Crippen LogP contribution in [-0.2, 0) is 25.7 Å². The number of nitrogens with zero attached hydrogens (tertiary/aromatic N) is 4. The van der Waals surface area contributed by atoms with E-state index in [0.29, 0.717) is 11.3 Å². The molecule has 6 aromatic carbocycles. The van der Waals surface area contributed by atoms with E-state index in [2.05, 4.69) is 130 Å². The number of benzene rings is 6. The number of aromatic nitrogens is 3. The molecule has 0 amide bonds. The lowest BCUT2D eigenvalue weighted by Gasteiger charge is -2.19. The molecule has 0 fully saturated rings. The average molecular weight is 802 g/mol. The van der Waals surface area contributed by atoms with E-state index in [1.54, 1.807) is 12.1 Å². The van der Waals surface area contributed by atoms with Crippen molar-refractivity contribution in [3.63, 3.8) is 0 Å². The first-order valence-electron chi connectivity index (χ1n) is 22.5. The van der Waals surface area contributed by atoms with Crippen molar-refractivity contribution in [2.75, 3.05) is 0 Å². The summed E-state index contributed by atoms with van der Waals surface area (Å²) in [5.74, 6) is 0. The van der Waals surface area contributed by atoms with E-state index in [4.69, 9.17) is 4.11 Å². The third-order valence-corrected chi connectivity index (χ3v) is 11.5. The van der Waals surface area contributed by atoms with Gasteiger partial charge in [0.15, 0.2) is 0 Å². The van der Waals surface area contributed by atoms with E-state index in [1.165, 1.54) is 28.5 Å². The minimum absolute atomic E-state index is 0.202. The maximum Gasteiger partial charge on any atom is 0.0991 e. The van der Waals surface area contributed by atoms with Gasteiger partial charge in [-0.2, -0.15) is 5.26 Å². The van der Waals surface area contributed by atoms with Gasteiger partial charge in [-0.25, -0.2) is 0 Å². The van der Waals surface area contributed by atoms with E-state index in [0.717, 1.165) is 92.7 Å². The summed E-state index contributed by atoms with van der Waals surface area (Å²) in [7, 11) is 0. The van der Waals surface area contributed by atoms with Crippen LogP contribution in [0.4, 0.5) is 0 Å². The summed E-state index contributed by atoms with van der Waals surface area (Å²) in [6.07, 6.45) is 8.65. The zero-order valence-corrected chi connectivity index (χ0v) is 34.6. The van der Waals surface area contributed by atoms with Gasteiger partial charge in [0.2, 0.25) is 0 Å². The average Bonchev–Trinajstić information content (AvgIpc) is 3.35. The molecule has 4 nitrogen and oxygen atoms in total. The number of pyridine rings is 3. The van der Waals surface area contributed by atoms with Crippen molar-refractivity contribution in [1.29, 1.82) is 5.26 Å². The minimum atomic E-state index is -2.24. The Morgan fingerprint density at radius 2 is 0.984 bits per heavy atom. The van der Waals surface area contributed by atoms with Crippen molar-refractivity contribution >= 4 is 0 Å². The Hall–Kier alpha value is -7.74. The smallest absolute Gasteiger partial charge is 0.0991 e. The molecule has 9 aromatic rings. The molecule has 0 radical (unpaired) electrons. The second-order valence-electron chi connectivity index (χ2n) is 15.7. The summed E-state index contributed by atoms with van der Waals surface area (Å²) < 4.78 is 23.6. The second kappa shape index (κ2) is 18.3. The van der Waals surface area contributed by atoms with Gasteiger partial charge in [-0.15, -0.1) is 0 Å². The summed E-state index contributed by atoms with van der Waals surface area (Å²) in [5.41, 5.74) is 19.0. The first-order valence-corrected chi connectivity index (χ1v) is 21.0. The monoisotopic (exact) mass is 801 g/mol. The topological polar surface area (TPSA) is 62.5 Å². The van der Waals surface area contributed by atoms with Crippen LogP contribution in [0.2, 0.25) is 0 Å². The summed E-state index contributed by atoms with van der Waals surface area (Å²) in [5, 5.41) is 9.75. The van der Waals surface area contributed by atoms with Gasteiger partial charge >= 0.3 is 0 Å². The lowest BCUT2D eigenvalue weighted by atomic mass is 9.85. The zero-order valence-electron chi connectivity index (χ0n) is 37.6. The molecule has 0 spiro atoms. The van der Waals surface area contributed by atoms with Crippen LogP contribution in [0.15, 0.2) is 195 Å². The highest BCUT2D eigenvalue weighted by molar-refractivity contribution is 5.94. The number of rotatable bonds is 12. The summed E-state index contributed by atoms with van der Waals surface area (Å²) >= 11 is 0. The fourth-order valence-corrected chi connectivity index (χ4v) is 8.27. The lowest BCUT2D eigenvalue weighted by molar-refractivity contribution is 0.931. The van der Waals surface area contributed by atoms with Crippen molar-refractivity contribution in [3.05, 3.63) is 233 Å². The van der Waals surface area contributed by atoms with Gasteiger partial charge in [0.25, 0.3) is 0 Å². The quantitative estimate of drug-likeness (QED) is 0.123. The molecular weight excluding hydrogens is 753 g/mol. The second-order valence-corrected chi connectivity index (χ2v) is 15.7. The molecule has 3 heterocycles. The lowest BCUT2D eigenvalue weighted by Crippen LogP contribution is -1.98. The third kappa shape index (κ3) is 9.04. The van der Waals surface area contributed by atoms with Crippen molar-refractivity contribution in [1.82, 2.24) is 15.0 Å². The van der Waals surface area contributed by atoms with Gasteiger partial charge in [-0.1, -0.05) is 127 Å². The SMILES string of the molecule is [2H]C([2H])([2H])c1ccc(-c2ccc(-c3ccccc3-c3cc(CCc4ccc(-c5ccccn5)cc4)cc(CCc4ccc(-c5ccccn5)cc4)c3)c(-c3ccc(C#N)cc3C)c2)nc1. The van der Waals surface area contributed by atoms with Crippen LogP contribution in [0.5, 0.6) is 0 Å². The Morgan fingerprint density at radius 3 is 1.53 bits per heavy atom. The largest absolute Gasteiger partial charge is 0.256 e. The molecule has 9 rings (SSSR count). The fourth-order valence-electron chi connectivity index (χ4n) is 8.27. The maximum atomic E-state index is 9.75. The van der Waals surface area contributed by atoms with Gasteiger partial charge in [-0.05, 0) is 155 Å². The first kappa shape index (κ1) is 36.1. The van der Waals surface area contributed by atoms with Crippen LogP contribution >= 0.6 is 0 Å². The fraction of sp³-hybridized carbons (Fsp3) is 0.103. The zero-order chi connectivity index (χ0) is 44.8. The molecule has 0 aliphatic rings. The van der Waals surface area contributed by atoms with E-state index in [-0.39, 0.29) is 5.56 Å². The Balaban J connectivity index is 1.09. The van der Waals surface area contributed by atoms with Gasteiger partial charge in [0, 0.05) is 39.4 Å². The van der Waals surface area contributed by atoms with Crippen molar-refractivity contribution in [3.8, 4) is 73.2 Å². The molecule has 0 saturated heterocycles. The Kier molecular flexibility index (Phi) is 10.6. The molecule has 0 bridgehead atoms. The minimum Gasteiger partial charge on any atom is -0.256 e. The number of hydrogen-bond donors (Lipinski definition) is 0. The Labute approximate surface area is 369 Å². The molecule has 3 aromatic heterocycles. The molecule has 0 unspecified atom stereocenters. The highest BCUT2D eigenvalue weighted by Crippen LogP contribution is 2.42. The van der Waals surface area contributed by atoms with Gasteiger partial charge < -0.3 is 0 Å². The first-order chi connectivity index (χ1) is 31.7. The molecule has 4 heteroatoms. The molecule has 0 saturated carbocycles. The predicted octanol–water partition coefficient (Wildman–Crippen LogP) is 13.9. The Bertz CT molecular complexity index is 3010. The van der Waals surface area contributed by atoms with Crippen LogP contribution < -0.4 is 0 Å². The van der Waals surface area contributed by atoms with Crippen LogP contribution in [-0.4, -0.2) is 15.0 Å². The molecule has 298 valence electrons. The Morgan fingerprint density at radius 1 is 0.435 bits per heavy atom. The van der Waals surface area contributed by atoms with Gasteiger partial charge in [0.1, 0.15) is 0 Å². The third-order valence-electron chi connectivity index (χ3n) is 11.5. The van der Waals surface area contributed by atoms with E-state index < -0.39 is 6.85 Å². The maximum absolute atomic E-state index is 9.75. The molecule has 0 N–H and O–H groups in total. The molecule has 0 aliphatic heterocycles. The number of hydrogen-bond acceptors (Lipinski definition) is 4. The number of nitriles is 1. The van der Waals surface area contributed by atoms with Crippen molar-refractivity contribution in [2.45, 2.75) is 39.5 Å². The van der Waals surface area contributed by atoms with Crippen LogP contribution in [0.3, 0.4) is 0 Å². The van der Waals surface area contributed by atoms with Gasteiger partial charge in [0.05, 0.1) is 28.7 Å². The highest BCUT2D eigenvalue weighted by atomic mass is 14.7. The molecular formula is C58H46N4. The van der Waals surface area contributed by atoms with Crippen LogP contribution in [0.25, 0.3) is 67.2 Å². The van der Waals surface area contributed by atoms with Gasteiger partial charge in [-0.3, -0.25) is 15.0 Å². The van der Waals surface area contributed by atoms with E-state index in [1.807, 2.05) is 73.9 Å². The summed E-state index contributed by atoms with van der Waals surface area (Å²) in [4.78, 5) is 13.7. The molecule has 0 aliphatic carbocycles. The van der Waals surface area contributed by atoms with Crippen LogP contribution in [0.1, 0.15) is 43.1 Å². The molecule has 0 atom stereocenters. The standard InChI is InChI=1S/C58H46N4/c1-40-13-30-58(62-39-40)49-27-29-54(55(37-49)51-28-22-46(38-59)33-41(51)2)53-10-4-3-9-52(53)50-35-44(16-14-42-18-23-47(24-19-42)56-11-5-7-31-60-56)34-45(36-50)17-15-43-20-25-48(26-21-43)57-12-6-8-32-61-57/h3-13,18-37,39H,14-17H2,1-2H3/i1D3. The van der Waals surface area contributed by atoms with E-state index in [9.17, 15) is 5.26 Å². The van der Waals surface area contributed by atoms with Crippen molar-refractivity contribution < 1.29 is 4.11 Å². The normalized spacial score (nSPS) is 11.9. The molecule has 62 heavy (non-hydrogen) atoms. The highest BCUT2D eigenvalue weighted by Gasteiger charge is 2.17. The summed E-state index contributed by atoms with van der Waals surface area (Å²) in [6, 6.07) is 63.0. The van der Waals surface area contributed by atoms with Crippen LogP contribution in [0, 0.1) is 25.1 Å². The summed E-state index contributed by atoms with van der Waals surface area (Å²) in [6.45, 7) is -0.199. The van der Waals surface area contributed by atoms with Crippen molar-refractivity contribution in [2.24, 2.45) is 0 Å².